The van der Waals surface area contributed by atoms with Gasteiger partial charge in [-0.25, -0.2) is 14.1 Å². The molecule has 0 aliphatic carbocycles. The maximum Gasteiger partial charge on any atom is 0.270 e. The summed E-state index contributed by atoms with van der Waals surface area (Å²) in [5, 5.41) is 4.50. The smallest absolute Gasteiger partial charge is 0.270 e. The SMILES string of the molecule is Cc1cn(-c2ccc(Cc3cc(Cl)nn(C4CCOc5ccc(F)cc54)c3=O)cc2C)cn1. The molecule has 0 N–H and O–H groups in total. The van der Waals surface area contributed by atoms with Gasteiger partial charge in [-0.1, -0.05) is 23.7 Å². The van der Waals surface area contributed by atoms with Crippen LogP contribution < -0.4 is 10.3 Å². The fourth-order valence-electron chi connectivity index (χ4n) is 4.36. The number of halogens is 2. The molecular weight excluding hydrogens is 443 g/mol. The molecule has 0 saturated heterocycles. The zero-order valence-electron chi connectivity index (χ0n) is 18.3. The number of aromatic nitrogens is 4. The largest absolute Gasteiger partial charge is 0.493 e. The van der Waals surface area contributed by atoms with Crippen LogP contribution in [0.5, 0.6) is 5.75 Å². The molecule has 0 radical (unpaired) electrons. The van der Waals surface area contributed by atoms with Crippen LogP contribution in [0.3, 0.4) is 0 Å². The number of imidazole rings is 1. The van der Waals surface area contributed by atoms with Gasteiger partial charge in [0.1, 0.15) is 16.7 Å². The second-order valence-electron chi connectivity index (χ2n) is 8.30. The first-order valence-corrected chi connectivity index (χ1v) is 11.1. The van der Waals surface area contributed by atoms with Gasteiger partial charge in [-0.15, -0.1) is 0 Å². The van der Waals surface area contributed by atoms with Crippen molar-refractivity contribution in [2.24, 2.45) is 0 Å². The zero-order chi connectivity index (χ0) is 23.1. The van der Waals surface area contributed by atoms with Crippen LogP contribution in [0.25, 0.3) is 5.69 Å². The molecule has 1 aliphatic rings. The minimum Gasteiger partial charge on any atom is -0.493 e. The van der Waals surface area contributed by atoms with Crippen molar-refractivity contribution in [2.45, 2.75) is 32.7 Å². The van der Waals surface area contributed by atoms with Gasteiger partial charge < -0.3 is 9.30 Å². The fourth-order valence-corrected chi connectivity index (χ4v) is 4.57. The van der Waals surface area contributed by atoms with Crippen LogP contribution in [0.2, 0.25) is 5.15 Å². The topological polar surface area (TPSA) is 61.9 Å². The highest BCUT2D eigenvalue weighted by Gasteiger charge is 2.26. The quantitative estimate of drug-likeness (QED) is 0.435. The van der Waals surface area contributed by atoms with Gasteiger partial charge in [0.25, 0.3) is 5.56 Å². The molecule has 1 aliphatic heterocycles. The van der Waals surface area contributed by atoms with Crippen LogP contribution in [0.1, 0.15) is 40.4 Å². The molecule has 168 valence electrons. The summed E-state index contributed by atoms with van der Waals surface area (Å²) in [5.74, 6) is 0.173. The summed E-state index contributed by atoms with van der Waals surface area (Å²) in [4.78, 5) is 17.7. The molecule has 0 fully saturated rings. The van der Waals surface area contributed by atoms with Gasteiger partial charge in [-0.2, -0.15) is 5.10 Å². The van der Waals surface area contributed by atoms with E-state index in [0.717, 1.165) is 22.5 Å². The molecule has 2 aromatic carbocycles. The fraction of sp³-hybridized carbons (Fsp3) is 0.240. The van der Waals surface area contributed by atoms with E-state index in [1.165, 1.54) is 16.8 Å². The molecule has 1 atom stereocenters. The molecule has 1 unspecified atom stereocenters. The van der Waals surface area contributed by atoms with Crippen molar-refractivity contribution in [3.63, 3.8) is 0 Å². The Labute approximate surface area is 195 Å². The van der Waals surface area contributed by atoms with Gasteiger partial charge in [0.15, 0.2) is 0 Å². The molecule has 8 heteroatoms. The Morgan fingerprint density at radius 3 is 2.79 bits per heavy atom. The monoisotopic (exact) mass is 464 g/mol. The number of fused-ring (bicyclic) bond motifs is 1. The second-order valence-corrected chi connectivity index (χ2v) is 8.68. The summed E-state index contributed by atoms with van der Waals surface area (Å²) in [7, 11) is 0. The Bertz CT molecular complexity index is 1410. The first-order valence-electron chi connectivity index (χ1n) is 10.7. The van der Waals surface area contributed by atoms with E-state index in [-0.39, 0.29) is 16.5 Å². The molecule has 6 nitrogen and oxygen atoms in total. The number of ether oxygens (including phenoxy) is 1. The number of benzene rings is 2. The van der Waals surface area contributed by atoms with Crippen LogP contribution in [-0.2, 0) is 6.42 Å². The third-order valence-electron chi connectivity index (χ3n) is 5.90. The lowest BCUT2D eigenvalue weighted by atomic mass is 9.99. The van der Waals surface area contributed by atoms with E-state index in [2.05, 4.69) is 16.1 Å². The van der Waals surface area contributed by atoms with Gasteiger partial charge in [-0.3, -0.25) is 4.79 Å². The van der Waals surface area contributed by atoms with E-state index < -0.39 is 6.04 Å². The van der Waals surface area contributed by atoms with Crippen molar-refractivity contribution in [3.05, 3.63) is 104 Å². The number of hydrogen-bond acceptors (Lipinski definition) is 4. The van der Waals surface area contributed by atoms with Crippen LogP contribution in [0.4, 0.5) is 4.39 Å². The highest BCUT2D eigenvalue weighted by molar-refractivity contribution is 6.29. The van der Waals surface area contributed by atoms with Crippen LogP contribution >= 0.6 is 11.6 Å². The number of nitrogens with zero attached hydrogens (tertiary/aromatic N) is 4. The maximum atomic E-state index is 13.9. The van der Waals surface area contributed by atoms with Crippen molar-refractivity contribution >= 4 is 11.6 Å². The van der Waals surface area contributed by atoms with Gasteiger partial charge in [0, 0.05) is 35.9 Å². The average Bonchev–Trinajstić information content (AvgIpc) is 3.21. The molecule has 3 heterocycles. The van der Waals surface area contributed by atoms with E-state index in [1.807, 2.05) is 36.7 Å². The lowest BCUT2D eigenvalue weighted by molar-refractivity contribution is 0.246. The minimum absolute atomic E-state index is 0.219. The number of aryl methyl sites for hydroxylation is 2. The number of hydrogen-bond donors (Lipinski definition) is 0. The Kier molecular flexibility index (Phi) is 5.50. The summed E-state index contributed by atoms with van der Waals surface area (Å²) < 4.78 is 22.9. The second kappa shape index (κ2) is 8.48. The lowest BCUT2D eigenvalue weighted by Gasteiger charge is -2.27. The highest BCUT2D eigenvalue weighted by atomic mass is 35.5. The Hall–Kier alpha value is -3.45. The lowest BCUT2D eigenvalue weighted by Crippen LogP contribution is -2.33. The van der Waals surface area contributed by atoms with Crippen molar-refractivity contribution in [2.75, 3.05) is 6.61 Å². The molecular formula is C25H22ClFN4O2. The zero-order valence-corrected chi connectivity index (χ0v) is 19.0. The van der Waals surface area contributed by atoms with Crippen molar-refractivity contribution in [1.82, 2.24) is 19.3 Å². The highest BCUT2D eigenvalue weighted by Crippen LogP contribution is 2.34. The Balaban J connectivity index is 1.50. The maximum absolute atomic E-state index is 13.9. The molecule has 33 heavy (non-hydrogen) atoms. The molecule has 2 aromatic heterocycles. The van der Waals surface area contributed by atoms with Gasteiger partial charge in [0.2, 0.25) is 0 Å². The minimum atomic E-state index is -0.442. The molecule has 0 amide bonds. The average molecular weight is 465 g/mol. The van der Waals surface area contributed by atoms with E-state index in [1.54, 1.807) is 18.5 Å². The summed E-state index contributed by atoms with van der Waals surface area (Å²) in [6.45, 7) is 4.39. The van der Waals surface area contributed by atoms with Gasteiger partial charge in [0.05, 0.1) is 24.7 Å². The van der Waals surface area contributed by atoms with Crippen LogP contribution in [0.15, 0.2) is 59.8 Å². The molecule has 4 aromatic rings. The van der Waals surface area contributed by atoms with Crippen LogP contribution in [0, 0.1) is 19.7 Å². The molecule has 0 bridgehead atoms. The van der Waals surface area contributed by atoms with Gasteiger partial charge >= 0.3 is 0 Å². The van der Waals surface area contributed by atoms with E-state index >= 15 is 0 Å². The van der Waals surface area contributed by atoms with Crippen molar-refractivity contribution in [3.8, 4) is 11.4 Å². The summed E-state index contributed by atoms with van der Waals surface area (Å²) in [6.07, 6.45) is 4.66. The van der Waals surface area contributed by atoms with Gasteiger partial charge in [-0.05, 0) is 55.3 Å². The Morgan fingerprint density at radius 2 is 2.03 bits per heavy atom. The molecule has 0 spiro atoms. The van der Waals surface area contributed by atoms with Crippen molar-refractivity contribution < 1.29 is 9.13 Å². The number of rotatable bonds is 4. The summed E-state index contributed by atoms with van der Waals surface area (Å²) >= 11 is 6.32. The third-order valence-corrected chi connectivity index (χ3v) is 6.08. The van der Waals surface area contributed by atoms with E-state index in [9.17, 15) is 9.18 Å². The first-order chi connectivity index (χ1) is 15.9. The normalized spacial score (nSPS) is 15.2. The van der Waals surface area contributed by atoms with Crippen molar-refractivity contribution in [1.29, 1.82) is 0 Å². The Morgan fingerprint density at radius 1 is 1.18 bits per heavy atom. The standard InChI is InChI=1S/C25H22ClFN4O2/c1-15-9-17(3-5-21(15)30-13-16(2)28-14-30)10-18-11-24(26)29-31(25(18)32)22-7-8-33-23-6-4-19(27)12-20(22)23/h3-6,9,11-14,22H,7-8,10H2,1-2H3. The predicted molar refractivity (Wildman–Crippen MR) is 124 cm³/mol. The summed E-state index contributed by atoms with van der Waals surface area (Å²) in [6, 6.07) is 11.6. The first kappa shape index (κ1) is 21.4. The third kappa shape index (κ3) is 4.16. The van der Waals surface area contributed by atoms with Crippen LogP contribution in [-0.4, -0.2) is 25.9 Å². The van der Waals surface area contributed by atoms with E-state index in [0.29, 0.717) is 36.3 Å². The molecule has 0 saturated carbocycles. The predicted octanol–water partition coefficient (Wildman–Crippen LogP) is 4.80. The van der Waals surface area contributed by atoms with E-state index in [4.69, 9.17) is 16.3 Å². The molecule has 5 rings (SSSR count). The summed E-state index contributed by atoms with van der Waals surface area (Å²) in [5.41, 5.74) is 4.92.